The van der Waals surface area contributed by atoms with Crippen LogP contribution in [0.3, 0.4) is 0 Å². The molecule has 1 atom stereocenters. The van der Waals surface area contributed by atoms with Crippen molar-refractivity contribution in [2.45, 2.75) is 25.3 Å². The number of carbonyl (C=O) groups is 2. The van der Waals surface area contributed by atoms with E-state index in [9.17, 15) is 18.0 Å². The van der Waals surface area contributed by atoms with Crippen LogP contribution in [0.1, 0.15) is 19.3 Å². The highest BCUT2D eigenvalue weighted by Crippen LogP contribution is 2.25. The van der Waals surface area contributed by atoms with Crippen LogP contribution >= 0.6 is 11.6 Å². The third kappa shape index (κ3) is 4.15. The smallest absolute Gasteiger partial charge is 0.271 e. The second-order valence-electron chi connectivity index (χ2n) is 6.80. The summed E-state index contributed by atoms with van der Waals surface area (Å²) in [5.41, 5.74) is 1.12. The second kappa shape index (κ2) is 7.56. The van der Waals surface area contributed by atoms with Crippen molar-refractivity contribution < 1.29 is 18.0 Å². The largest absolute Gasteiger partial charge is 0.319 e. The van der Waals surface area contributed by atoms with Crippen molar-refractivity contribution in [3.63, 3.8) is 0 Å². The third-order valence-corrected chi connectivity index (χ3v) is 6.73. The van der Waals surface area contributed by atoms with Crippen LogP contribution in [-0.2, 0) is 19.4 Å². The lowest BCUT2D eigenvalue weighted by molar-refractivity contribution is -0.133. The van der Waals surface area contributed by atoms with Gasteiger partial charge in [-0.15, -0.1) is 0 Å². The van der Waals surface area contributed by atoms with Gasteiger partial charge in [0.25, 0.3) is 5.91 Å². The Morgan fingerprint density at radius 2 is 2.10 bits per heavy atom. The number of anilines is 1. The predicted molar refractivity (Wildman–Crippen MR) is 106 cm³/mol. The maximum Gasteiger partial charge on any atom is 0.271 e. The van der Waals surface area contributed by atoms with E-state index in [0.717, 1.165) is 5.01 Å². The van der Waals surface area contributed by atoms with Crippen LogP contribution in [0.2, 0.25) is 5.02 Å². The van der Waals surface area contributed by atoms with Crippen molar-refractivity contribution in [3.05, 3.63) is 35.9 Å². The normalized spacial score (nSPS) is 21.1. The van der Waals surface area contributed by atoms with E-state index in [1.165, 1.54) is 17.3 Å². The predicted octanol–water partition coefficient (Wildman–Crippen LogP) is 1.02. The zero-order valence-electron chi connectivity index (χ0n) is 15.2. The number of sulfone groups is 1. The molecule has 2 amide bonds. The Bertz CT molecular complexity index is 1100. The van der Waals surface area contributed by atoms with Gasteiger partial charge in [-0.25, -0.2) is 23.1 Å². The molecule has 1 aromatic heterocycles. The fraction of sp³-hybridized carbons (Fsp3) is 0.353. The average Bonchev–Trinajstić information content (AvgIpc) is 3.32. The zero-order valence-corrected chi connectivity index (χ0v) is 16.7. The molecule has 29 heavy (non-hydrogen) atoms. The first kappa shape index (κ1) is 19.5. The maximum atomic E-state index is 12.8. The van der Waals surface area contributed by atoms with Gasteiger partial charge in [0.05, 0.1) is 28.9 Å². The summed E-state index contributed by atoms with van der Waals surface area (Å²) in [7, 11) is -3.18. The lowest BCUT2D eigenvalue weighted by Crippen LogP contribution is -2.42. The van der Waals surface area contributed by atoms with Crippen molar-refractivity contribution in [2.75, 3.05) is 16.8 Å². The van der Waals surface area contributed by atoms with Gasteiger partial charge in [0, 0.05) is 17.9 Å². The number of benzene rings is 1. The van der Waals surface area contributed by atoms with Gasteiger partial charge in [0.1, 0.15) is 18.4 Å². The lowest BCUT2D eigenvalue weighted by Gasteiger charge is -2.27. The number of rotatable bonds is 4. The van der Waals surface area contributed by atoms with Crippen LogP contribution in [0.15, 0.2) is 36.0 Å². The molecule has 0 aliphatic carbocycles. The van der Waals surface area contributed by atoms with Crippen LogP contribution in [0, 0.1) is 0 Å². The number of carbonyl (C=O) groups excluding carboxylic acids is 2. The Balaban J connectivity index is 1.58. The Hall–Kier alpha value is -2.79. The molecule has 0 bridgehead atoms. The molecule has 152 valence electrons. The minimum Gasteiger partial charge on any atom is -0.319 e. The number of halogens is 1. The van der Waals surface area contributed by atoms with Crippen LogP contribution < -0.4 is 5.32 Å². The molecular weight excluding hydrogens is 420 g/mol. The van der Waals surface area contributed by atoms with E-state index in [-0.39, 0.29) is 36.0 Å². The summed E-state index contributed by atoms with van der Waals surface area (Å²) in [6.45, 7) is 0. The van der Waals surface area contributed by atoms with Gasteiger partial charge in [-0.2, -0.15) is 10.2 Å². The number of hydrazone groups is 1. The van der Waals surface area contributed by atoms with Gasteiger partial charge in [-0.1, -0.05) is 11.6 Å². The topological polar surface area (TPSA) is 127 Å². The molecule has 10 nitrogen and oxygen atoms in total. The second-order valence-corrected chi connectivity index (χ2v) is 9.46. The third-order valence-electron chi connectivity index (χ3n) is 4.75. The van der Waals surface area contributed by atoms with E-state index in [2.05, 4.69) is 20.5 Å². The highest BCUT2D eigenvalue weighted by Gasteiger charge is 2.37. The Labute approximate surface area is 171 Å². The number of nitrogens with zero attached hydrogens (tertiary/aromatic N) is 5. The van der Waals surface area contributed by atoms with Gasteiger partial charge in [0.2, 0.25) is 5.91 Å². The van der Waals surface area contributed by atoms with Gasteiger partial charge < -0.3 is 5.32 Å². The Morgan fingerprint density at radius 1 is 1.28 bits per heavy atom. The number of aromatic nitrogens is 3. The summed E-state index contributed by atoms with van der Waals surface area (Å²) < 4.78 is 25.0. The van der Waals surface area contributed by atoms with E-state index in [0.29, 0.717) is 22.8 Å². The molecular formula is C17H17ClN6O4S. The van der Waals surface area contributed by atoms with Gasteiger partial charge in [-0.3, -0.25) is 9.59 Å². The first-order valence-corrected chi connectivity index (χ1v) is 11.1. The van der Waals surface area contributed by atoms with E-state index in [1.54, 1.807) is 18.2 Å². The minimum atomic E-state index is -3.18. The van der Waals surface area contributed by atoms with Crippen molar-refractivity contribution >= 4 is 44.7 Å². The van der Waals surface area contributed by atoms with E-state index in [1.807, 2.05) is 0 Å². The molecule has 4 rings (SSSR count). The summed E-state index contributed by atoms with van der Waals surface area (Å²) >= 11 is 6.07. The average molecular weight is 437 g/mol. The summed E-state index contributed by atoms with van der Waals surface area (Å²) in [4.78, 5) is 28.9. The number of hydrogen-bond donors (Lipinski definition) is 1. The fourth-order valence-electron chi connectivity index (χ4n) is 3.32. The van der Waals surface area contributed by atoms with Crippen molar-refractivity contribution in [3.8, 4) is 5.69 Å². The summed E-state index contributed by atoms with van der Waals surface area (Å²) in [5, 5.41) is 12.6. The molecule has 2 aliphatic heterocycles. The van der Waals surface area contributed by atoms with Crippen LogP contribution in [0.5, 0.6) is 0 Å². The SMILES string of the molecule is O=C(Nc1cc(Cl)ccc1-n1cncn1)C1=NN([C@@H]2CCS(=O)(=O)C2)C(=O)CC1. The monoisotopic (exact) mass is 436 g/mol. The Kier molecular flexibility index (Phi) is 5.09. The molecule has 1 aromatic carbocycles. The summed E-state index contributed by atoms with van der Waals surface area (Å²) in [6.07, 6.45) is 3.42. The number of hydrogen-bond acceptors (Lipinski definition) is 7. The van der Waals surface area contributed by atoms with Crippen molar-refractivity contribution in [2.24, 2.45) is 5.10 Å². The molecule has 0 radical (unpaired) electrons. The molecule has 0 spiro atoms. The van der Waals surface area contributed by atoms with Crippen LogP contribution in [0.25, 0.3) is 5.69 Å². The number of amides is 2. The molecule has 12 heteroatoms. The molecule has 2 aliphatic rings. The highest BCUT2D eigenvalue weighted by atomic mass is 35.5. The molecule has 0 unspecified atom stereocenters. The van der Waals surface area contributed by atoms with Crippen LogP contribution in [-0.4, -0.2) is 63.3 Å². The lowest BCUT2D eigenvalue weighted by atomic mass is 10.1. The molecule has 1 fully saturated rings. The van der Waals surface area contributed by atoms with E-state index >= 15 is 0 Å². The first-order chi connectivity index (χ1) is 13.8. The first-order valence-electron chi connectivity index (χ1n) is 8.88. The summed E-state index contributed by atoms with van der Waals surface area (Å²) in [6, 6.07) is 4.39. The number of nitrogens with one attached hydrogen (secondary N) is 1. The van der Waals surface area contributed by atoms with Gasteiger partial charge in [0.15, 0.2) is 9.84 Å². The van der Waals surface area contributed by atoms with E-state index < -0.39 is 21.8 Å². The zero-order chi connectivity index (χ0) is 20.6. The summed E-state index contributed by atoms with van der Waals surface area (Å²) in [5.74, 6) is -0.897. The van der Waals surface area contributed by atoms with Crippen molar-refractivity contribution in [1.82, 2.24) is 19.8 Å². The maximum absolute atomic E-state index is 12.8. The minimum absolute atomic E-state index is 0.0161. The standard InChI is InChI=1S/C17H17ClN6O4S/c18-11-1-3-15(23-10-19-9-20-23)14(7-11)21-17(26)13-2-4-16(25)24(22-13)12-5-6-29(27,28)8-12/h1,3,7,9-10,12H,2,4-6,8H2,(H,21,26)/t12-/m1/s1. The van der Waals surface area contributed by atoms with Gasteiger partial charge >= 0.3 is 0 Å². The van der Waals surface area contributed by atoms with Gasteiger partial charge in [-0.05, 0) is 24.6 Å². The highest BCUT2D eigenvalue weighted by molar-refractivity contribution is 7.91. The van der Waals surface area contributed by atoms with Crippen LogP contribution in [0.4, 0.5) is 5.69 Å². The quantitative estimate of drug-likeness (QED) is 0.762. The Morgan fingerprint density at radius 3 is 2.79 bits per heavy atom. The molecule has 3 heterocycles. The molecule has 2 aromatic rings. The molecule has 0 saturated carbocycles. The fourth-order valence-corrected chi connectivity index (χ4v) is 5.19. The molecule has 1 N–H and O–H groups in total. The van der Waals surface area contributed by atoms with Crippen molar-refractivity contribution in [1.29, 1.82) is 0 Å². The van der Waals surface area contributed by atoms with E-state index in [4.69, 9.17) is 11.6 Å². The molecule has 1 saturated heterocycles.